The van der Waals surface area contributed by atoms with Crippen LogP contribution in [-0.2, 0) is 19.0 Å². The number of hydrogen-bond acceptors (Lipinski definition) is 8. The fourth-order valence-corrected chi connectivity index (χ4v) is 7.74. The largest absolute Gasteiger partial charge is 0.457 e. The van der Waals surface area contributed by atoms with Crippen molar-refractivity contribution >= 4 is 18.2 Å². The van der Waals surface area contributed by atoms with Crippen LogP contribution in [0.2, 0.25) is 0 Å². The van der Waals surface area contributed by atoms with E-state index < -0.39 is 23.9 Å². The van der Waals surface area contributed by atoms with Gasteiger partial charge in [0.2, 0.25) is 0 Å². The van der Waals surface area contributed by atoms with Crippen molar-refractivity contribution in [2.75, 3.05) is 39.3 Å². The number of carbonyl (C=O) groups is 3. The molecule has 1 saturated carbocycles. The minimum absolute atomic E-state index is 0.00963. The van der Waals surface area contributed by atoms with Gasteiger partial charge in [0.05, 0.1) is 6.61 Å². The summed E-state index contributed by atoms with van der Waals surface area (Å²) in [5.74, 6) is -0.533. The molecule has 2 amide bonds. The fraction of sp³-hybridized carbons (Fsp3) is 0.775. The van der Waals surface area contributed by atoms with Crippen LogP contribution in [0.1, 0.15) is 112 Å². The predicted octanol–water partition coefficient (Wildman–Crippen LogP) is 7.27. The molecule has 50 heavy (non-hydrogen) atoms. The van der Waals surface area contributed by atoms with Crippen LogP contribution in [0.15, 0.2) is 36.0 Å². The molecule has 4 aliphatic rings. The van der Waals surface area contributed by atoms with E-state index >= 15 is 0 Å². The van der Waals surface area contributed by atoms with Gasteiger partial charge in [-0.15, -0.1) is 0 Å². The summed E-state index contributed by atoms with van der Waals surface area (Å²) in [6, 6.07) is 0.831. The molecular formula is C40H65N3O7. The van der Waals surface area contributed by atoms with Gasteiger partial charge in [-0.1, -0.05) is 70.8 Å². The molecule has 2 saturated heterocycles. The van der Waals surface area contributed by atoms with Crippen LogP contribution in [0.5, 0.6) is 0 Å². The third-order valence-electron chi connectivity index (χ3n) is 11.2. The van der Waals surface area contributed by atoms with E-state index in [0.717, 1.165) is 38.0 Å². The van der Waals surface area contributed by atoms with Crippen molar-refractivity contribution < 1.29 is 33.7 Å². The highest BCUT2D eigenvalue weighted by Crippen LogP contribution is 2.29. The van der Waals surface area contributed by atoms with E-state index in [1.807, 2.05) is 58.9 Å². The predicted molar refractivity (Wildman–Crippen MR) is 196 cm³/mol. The molecule has 0 spiro atoms. The van der Waals surface area contributed by atoms with Gasteiger partial charge in [0.25, 0.3) is 0 Å². The second-order valence-corrected chi connectivity index (χ2v) is 15.9. The maximum absolute atomic E-state index is 13.5. The molecule has 3 heterocycles. The first kappa shape index (κ1) is 39.9. The number of allylic oxidation sites excluding steroid dienone is 2. The molecule has 4 rings (SSSR count). The van der Waals surface area contributed by atoms with Gasteiger partial charge >= 0.3 is 18.2 Å². The number of piperazine rings is 1. The number of esters is 1. The molecule has 0 aromatic carbocycles. The number of amides is 2. The van der Waals surface area contributed by atoms with Crippen LogP contribution in [0.3, 0.4) is 0 Å². The quantitative estimate of drug-likeness (QED) is 0.0973. The molecule has 10 heteroatoms. The van der Waals surface area contributed by atoms with Crippen molar-refractivity contribution in [1.82, 2.24) is 14.7 Å². The summed E-state index contributed by atoms with van der Waals surface area (Å²) in [4.78, 5) is 45.1. The Morgan fingerprint density at radius 1 is 0.980 bits per heavy atom. The average molecular weight is 700 g/mol. The molecule has 1 aliphatic carbocycles. The molecule has 3 aliphatic heterocycles. The van der Waals surface area contributed by atoms with Crippen molar-refractivity contribution in [3.05, 3.63) is 36.0 Å². The fourth-order valence-electron chi connectivity index (χ4n) is 7.74. The minimum Gasteiger partial charge on any atom is -0.457 e. The second kappa shape index (κ2) is 19.1. The summed E-state index contributed by atoms with van der Waals surface area (Å²) in [6.45, 7) is 15.6. The molecular weight excluding hydrogens is 634 g/mol. The van der Waals surface area contributed by atoms with Crippen LogP contribution in [0, 0.1) is 17.8 Å². The molecule has 10 nitrogen and oxygen atoms in total. The van der Waals surface area contributed by atoms with E-state index in [1.54, 1.807) is 22.8 Å². The number of nitrogens with zero attached hydrogens (tertiary/aromatic N) is 3. The van der Waals surface area contributed by atoms with Crippen molar-refractivity contribution in [3.63, 3.8) is 0 Å². The van der Waals surface area contributed by atoms with Crippen molar-refractivity contribution in [2.24, 2.45) is 17.8 Å². The van der Waals surface area contributed by atoms with Crippen LogP contribution < -0.4 is 0 Å². The summed E-state index contributed by atoms with van der Waals surface area (Å²) < 4.78 is 17.7. The van der Waals surface area contributed by atoms with E-state index in [9.17, 15) is 19.5 Å². The Balaban J connectivity index is 1.39. The van der Waals surface area contributed by atoms with Crippen LogP contribution in [-0.4, -0.2) is 107 Å². The zero-order chi connectivity index (χ0) is 36.3. The number of hydrogen-bond donors (Lipinski definition) is 1. The number of cyclic esters (lactones) is 1. The first-order valence-electron chi connectivity index (χ1n) is 19.4. The van der Waals surface area contributed by atoms with Crippen molar-refractivity contribution in [3.8, 4) is 0 Å². The first-order valence-corrected chi connectivity index (χ1v) is 19.4. The number of rotatable bonds is 7. The van der Waals surface area contributed by atoms with Gasteiger partial charge in [-0.25, -0.2) is 9.59 Å². The van der Waals surface area contributed by atoms with Crippen LogP contribution in [0.4, 0.5) is 9.59 Å². The number of aliphatic hydroxyl groups is 1. The lowest BCUT2D eigenvalue weighted by molar-refractivity contribution is -0.150. The molecule has 0 unspecified atom stereocenters. The molecule has 0 aromatic heterocycles. The van der Waals surface area contributed by atoms with E-state index in [-0.39, 0.29) is 48.9 Å². The van der Waals surface area contributed by atoms with Gasteiger partial charge < -0.3 is 29.1 Å². The standard InChI is InChI=1S/C40H65N3O7/c1-29-20-21-40(6,47)35(49-38(45)42-25-23-41(24-26-42)34-16-9-7-8-10-17-34)19-18-32(4)37(50-36(44)27-29)31(3)14-11-13-30(2)28-48-39(46)43-22-12-15-33(43)5/h11,13-14,18-19,29-30,32-35,37,47H,7-10,12,15-17,20-28H2,1-6H3/b13-11+,19-18+,31-14+/t29-,30-,32+,33-,35+,37-,40-/m1/s1. The Labute approximate surface area is 301 Å². The lowest BCUT2D eigenvalue weighted by atomic mass is 9.87. The summed E-state index contributed by atoms with van der Waals surface area (Å²) in [5, 5.41) is 11.6. The SMILES string of the molecule is C/C(=C\C=C\[C@@H](C)COC(=O)N1CCC[C@H]1C)[C@H]1OC(=O)C[C@H](C)CC[C@@](C)(O)[C@@H](OC(=O)N2CCN(C3CCCCCC3)CC2)/C=C/[C@@H]1C. The van der Waals surface area contributed by atoms with Crippen LogP contribution >= 0.6 is 0 Å². The average Bonchev–Trinajstić information content (AvgIpc) is 3.33. The third kappa shape index (κ3) is 11.9. The monoisotopic (exact) mass is 699 g/mol. The van der Waals surface area contributed by atoms with E-state index in [1.165, 1.54) is 38.5 Å². The van der Waals surface area contributed by atoms with E-state index in [4.69, 9.17) is 14.2 Å². The third-order valence-corrected chi connectivity index (χ3v) is 11.2. The summed E-state index contributed by atoms with van der Waals surface area (Å²) in [6.07, 6.45) is 18.4. The molecule has 1 N–H and O–H groups in total. The maximum Gasteiger partial charge on any atom is 0.410 e. The zero-order valence-corrected chi connectivity index (χ0v) is 31.7. The van der Waals surface area contributed by atoms with Crippen LogP contribution in [0.25, 0.3) is 0 Å². The smallest absolute Gasteiger partial charge is 0.410 e. The highest BCUT2D eigenvalue weighted by Gasteiger charge is 2.37. The first-order chi connectivity index (χ1) is 23.8. The molecule has 0 radical (unpaired) electrons. The summed E-state index contributed by atoms with van der Waals surface area (Å²) >= 11 is 0. The molecule has 282 valence electrons. The Kier molecular flexibility index (Phi) is 15.3. The number of likely N-dealkylation sites (tertiary alicyclic amines) is 1. The maximum atomic E-state index is 13.5. The molecule has 3 fully saturated rings. The van der Waals surface area contributed by atoms with E-state index in [0.29, 0.717) is 32.0 Å². The Morgan fingerprint density at radius 3 is 2.34 bits per heavy atom. The Morgan fingerprint density at radius 2 is 1.68 bits per heavy atom. The normalized spacial score (nSPS) is 32.8. The molecule has 0 aromatic rings. The lowest BCUT2D eigenvalue weighted by Gasteiger charge is -2.40. The van der Waals surface area contributed by atoms with Gasteiger partial charge in [0.1, 0.15) is 11.7 Å². The van der Waals surface area contributed by atoms with Crippen molar-refractivity contribution in [1.29, 1.82) is 0 Å². The van der Waals surface area contributed by atoms with Gasteiger partial charge in [-0.05, 0) is 76.9 Å². The van der Waals surface area contributed by atoms with Gasteiger partial charge in [-0.2, -0.15) is 0 Å². The van der Waals surface area contributed by atoms with Gasteiger partial charge in [0, 0.05) is 63.1 Å². The highest BCUT2D eigenvalue weighted by molar-refractivity contribution is 5.70. The topological polar surface area (TPSA) is 109 Å². The minimum atomic E-state index is -1.30. The molecule has 0 bridgehead atoms. The highest BCUT2D eigenvalue weighted by atomic mass is 16.6. The summed E-state index contributed by atoms with van der Waals surface area (Å²) in [5.41, 5.74) is -0.445. The summed E-state index contributed by atoms with van der Waals surface area (Å²) in [7, 11) is 0. The van der Waals surface area contributed by atoms with Crippen molar-refractivity contribution in [2.45, 2.75) is 142 Å². The number of ether oxygens (including phenoxy) is 3. The van der Waals surface area contributed by atoms with E-state index in [2.05, 4.69) is 4.90 Å². The molecule has 7 atom stereocenters. The van der Waals surface area contributed by atoms with Gasteiger partial charge in [-0.3, -0.25) is 9.69 Å². The zero-order valence-electron chi connectivity index (χ0n) is 31.7. The van der Waals surface area contributed by atoms with Gasteiger partial charge in [0.15, 0.2) is 6.10 Å². The lowest BCUT2D eigenvalue weighted by Crippen LogP contribution is -2.53. The Bertz CT molecular complexity index is 1200. The second-order valence-electron chi connectivity index (χ2n) is 15.9. The number of carbonyl (C=O) groups excluding carboxylic acids is 3. The Hall–Kier alpha value is -2.85.